The number of hydrogen-bond acceptors (Lipinski definition) is 5. The summed E-state index contributed by atoms with van der Waals surface area (Å²) in [6, 6.07) is 11.3. The van der Waals surface area contributed by atoms with E-state index >= 15 is 0 Å². The second kappa shape index (κ2) is 7.21. The zero-order valence-electron chi connectivity index (χ0n) is 13.1. The van der Waals surface area contributed by atoms with E-state index in [2.05, 4.69) is 22.5 Å². The highest BCUT2D eigenvalue weighted by molar-refractivity contribution is 7.15. The highest BCUT2D eigenvalue weighted by Gasteiger charge is 2.10. The highest BCUT2D eigenvalue weighted by Crippen LogP contribution is 2.12. The summed E-state index contributed by atoms with van der Waals surface area (Å²) in [4.78, 5) is 19.5. The molecule has 2 heterocycles. The molecule has 0 amide bonds. The first kappa shape index (κ1) is 16.1. The molecule has 0 unspecified atom stereocenters. The van der Waals surface area contributed by atoms with Crippen molar-refractivity contribution in [1.82, 2.24) is 14.3 Å². The molecule has 0 saturated heterocycles. The predicted molar refractivity (Wildman–Crippen MR) is 94.8 cm³/mol. The van der Waals surface area contributed by atoms with E-state index in [1.165, 1.54) is 11.3 Å². The summed E-state index contributed by atoms with van der Waals surface area (Å²) in [5.74, 6) is 0. The minimum Gasteiger partial charge on any atom is -0.290 e. The molecular weight excluding hydrogens is 320 g/mol. The normalized spacial score (nSPS) is 10.8. The first-order valence-corrected chi connectivity index (χ1v) is 8.35. The molecule has 3 rings (SSSR count). The van der Waals surface area contributed by atoms with E-state index in [0.717, 1.165) is 11.3 Å². The Morgan fingerprint density at radius 1 is 1.38 bits per heavy atom. The average Bonchev–Trinajstić information content (AvgIpc) is 3.04. The molecule has 0 aliphatic rings. The quantitative estimate of drug-likeness (QED) is 0.650. The third kappa shape index (κ3) is 3.59. The number of aromatic nitrogens is 2. The minimum atomic E-state index is -0.0683. The molecule has 3 aromatic rings. The zero-order valence-corrected chi connectivity index (χ0v) is 13.9. The van der Waals surface area contributed by atoms with Crippen molar-refractivity contribution in [2.45, 2.75) is 13.1 Å². The van der Waals surface area contributed by atoms with E-state index in [1.807, 2.05) is 29.7 Å². The molecule has 6 heteroatoms. The summed E-state index contributed by atoms with van der Waals surface area (Å²) in [5, 5.41) is 10.9. The van der Waals surface area contributed by atoms with Gasteiger partial charge in [0, 0.05) is 37.3 Å². The van der Waals surface area contributed by atoms with Crippen LogP contribution in [-0.4, -0.2) is 20.8 Å². The van der Waals surface area contributed by atoms with Crippen molar-refractivity contribution in [2.75, 3.05) is 6.54 Å². The summed E-state index contributed by atoms with van der Waals surface area (Å²) >= 11 is 1.44. The van der Waals surface area contributed by atoms with Gasteiger partial charge in [-0.3, -0.25) is 14.1 Å². The summed E-state index contributed by atoms with van der Waals surface area (Å²) in [6.45, 7) is 5.68. The van der Waals surface area contributed by atoms with Crippen molar-refractivity contribution in [3.8, 4) is 6.07 Å². The monoisotopic (exact) mass is 336 g/mol. The zero-order chi connectivity index (χ0) is 16.9. The number of hydrogen-bond donors (Lipinski definition) is 0. The van der Waals surface area contributed by atoms with Gasteiger partial charge in [0.1, 0.15) is 0 Å². The molecule has 0 aliphatic carbocycles. The topological polar surface area (TPSA) is 61.4 Å². The smallest absolute Gasteiger partial charge is 0.258 e. The maximum atomic E-state index is 12.1. The molecule has 24 heavy (non-hydrogen) atoms. The average molecular weight is 336 g/mol. The Kier molecular flexibility index (Phi) is 4.85. The second-order valence-corrected chi connectivity index (χ2v) is 6.28. The lowest BCUT2D eigenvalue weighted by molar-refractivity contribution is 0.282. The van der Waals surface area contributed by atoms with E-state index in [1.54, 1.807) is 22.7 Å². The molecule has 1 aromatic carbocycles. The van der Waals surface area contributed by atoms with Crippen LogP contribution in [-0.2, 0) is 13.1 Å². The third-order valence-electron chi connectivity index (χ3n) is 3.59. The largest absolute Gasteiger partial charge is 0.290 e. The van der Waals surface area contributed by atoms with Gasteiger partial charge in [-0.15, -0.1) is 17.9 Å². The molecule has 0 saturated carbocycles. The van der Waals surface area contributed by atoms with Gasteiger partial charge in [0.05, 0.1) is 17.3 Å². The van der Waals surface area contributed by atoms with Gasteiger partial charge in [-0.25, -0.2) is 4.98 Å². The Morgan fingerprint density at radius 3 is 3.04 bits per heavy atom. The number of rotatable bonds is 6. The van der Waals surface area contributed by atoms with Crippen molar-refractivity contribution in [2.24, 2.45) is 0 Å². The van der Waals surface area contributed by atoms with Crippen LogP contribution in [0.25, 0.3) is 4.96 Å². The lowest BCUT2D eigenvalue weighted by Crippen LogP contribution is -2.25. The van der Waals surface area contributed by atoms with Gasteiger partial charge in [-0.2, -0.15) is 5.26 Å². The molecule has 0 N–H and O–H groups in total. The standard InChI is InChI=1S/C18H16N4OS/c1-2-6-21(12-15-5-3-4-14(9-15)11-19)13-16-10-17(23)22-7-8-24-18(22)20-16/h2-5,7-10H,1,6,12-13H2. The van der Waals surface area contributed by atoms with Gasteiger partial charge >= 0.3 is 0 Å². The van der Waals surface area contributed by atoms with Crippen molar-refractivity contribution < 1.29 is 0 Å². The maximum absolute atomic E-state index is 12.1. The van der Waals surface area contributed by atoms with Gasteiger partial charge < -0.3 is 0 Å². The van der Waals surface area contributed by atoms with Gasteiger partial charge in [0.25, 0.3) is 5.56 Å². The summed E-state index contributed by atoms with van der Waals surface area (Å²) < 4.78 is 1.54. The number of thiazole rings is 1. The molecule has 0 atom stereocenters. The van der Waals surface area contributed by atoms with Gasteiger partial charge in [0.2, 0.25) is 0 Å². The van der Waals surface area contributed by atoms with Crippen LogP contribution in [0.3, 0.4) is 0 Å². The Bertz CT molecular complexity index is 967. The van der Waals surface area contributed by atoms with Crippen molar-refractivity contribution in [1.29, 1.82) is 5.26 Å². The Morgan fingerprint density at radius 2 is 2.25 bits per heavy atom. The fourth-order valence-corrected chi connectivity index (χ4v) is 3.30. The van der Waals surface area contributed by atoms with Gasteiger partial charge in [-0.05, 0) is 17.7 Å². The molecule has 0 spiro atoms. The number of nitriles is 1. The first-order valence-electron chi connectivity index (χ1n) is 7.47. The van der Waals surface area contributed by atoms with Crippen molar-refractivity contribution in [3.63, 3.8) is 0 Å². The van der Waals surface area contributed by atoms with Gasteiger partial charge in [-0.1, -0.05) is 18.2 Å². The molecule has 120 valence electrons. The molecule has 0 aliphatic heterocycles. The van der Waals surface area contributed by atoms with Crippen LogP contribution >= 0.6 is 11.3 Å². The Balaban J connectivity index is 1.83. The Labute approximate surface area is 143 Å². The van der Waals surface area contributed by atoms with Crippen LogP contribution in [0.1, 0.15) is 16.8 Å². The lowest BCUT2D eigenvalue weighted by Gasteiger charge is -2.20. The fraction of sp³-hybridized carbons (Fsp3) is 0.167. The molecule has 2 aromatic heterocycles. The van der Waals surface area contributed by atoms with Crippen LogP contribution in [0.2, 0.25) is 0 Å². The van der Waals surface area contributed by atoms with Gasteiger partial charge in [0.15, 0.2) is 4.96 Å². The molecule has 0 radical (unpaired) electrons. The number of nitrogens with zero attached hydrogens (tertiary/aromatic N) is 4. The van der Waals surface area contributed by atoms with E-state index in [-0.39, 0.29) is 5.56 Å². The summed E-state index contributed by atoms with van der Waals surface area (Å²) in [5.41, 5.74) is 2.36. The second-order valence-electron chi connectivity index (χ2n) is 5.41. The fourth-order valence-electron chi connectivity index (χ4n) is 2.56. The van der Waals surface area contributed by atoms with Crippen LogP contribution < -0.4 is 5.56 Å². The summed E-state index contributed by atoms with van der Waals surface area (Å²) in [6.07, 6.45) is 3.55. The maximum Gasteiger partial charge on any atom is 0.258 e. The minimum absolute atomic E-state index is 0.0683. The molecule has 0 fully saturated rings. The van der Waals surface area contributed by atoms with Crippen LogP contribution in [0, 0.1) is 11.3 Å². The molecule has 5 nitrogen and oxygen atoms in total. The highest BCUT2D eigenvalue weighted by atomic mass is 32.1. The van der Waals surface area contributed by atoms with E-state index in [4.69, 9.17) is 5.26 Å². The Hall–Kier alpha value is -2.75. The van der Waals surface area contributed by atoms with Crippen molar-refractivity contribution in [3.05, 3.63) is 81.7 Å². The molecule has 0 bridgehead atoms. The number of benzene rings is 1. The summed E-state index contributed by atoms with van der Waals surface area (Å²) in [7, 11) is 0. The van der Waals surface area contributed by atoms with Crippen LogP contribution in [0.5, 0.6) is 0 Å². The lowest BCUT2D eigenvalue weighted by atomic mass is 10.1. The van der Waals surface area contributed by atoms with Crippen LogP contribution in [0.15, 0.2) is 59.4 Å². The van der Waals surface area contributed by atoms with E-state index in [9.17, 15) is 4.79 Å². The van der Waals surface area contributed by atoms with E-state index < -0.39 is 0 Å². The van der Waals surface area contributed by atoms with Crippen molar-refractivity contribution >= 4 is 16.3 Å². The SMILES string of the molecule is C=CCN(Cc1cccc(C#N)c1)Cc1cc(=O)n2ccsc2n1. The number of fused-ring (bicyclic) bond motifs is 1. The predicted octanol–water partition coefficient (Wildman–Crippen LogP) is 2.82. The van der Waals surface area contributed by atoms with Crippen LogP contribution in [0.4, 0.5) is 0 Å². The first-order chi connectivity index (χ1) is 11.7. The third-order valence-corrected chi connectivity index (χ3v) is 4.35. The molecular formula is C18H16N4OS. The van der Waals surface area contributed by atoms with E-state index in [0.29, 0.717) is 30.2 Å².